The minimum Gasteiger partial charge on any atom is -0.324 e. The first-order valence-corrected chi connectivity index (χ1v) is 4.30. The molecule has 0 aliphatic carbocycles. The van der Waals surface area contributed by atoms with Crippen molar-refractivity contribution in [2.75, 3.05) is 0 Å². The van der Waals surface area contributed by atoms with Crippen LogP contribution in [0.25, 0.3) is 0 Å². The van der Waals surface area contributed by atoms with E-state index in [1.807, 2.05) is 0 Å². The smallest absolute Gasteiger partial charge is 0.0278 e. The van der Waals surface area contributed by atoms with Crippen LogP contribution in [0.4, 0.5) is 0 Å². The quantitative estimate of drug-likeness (QED) is 0.623. The first kappa shape index (κ1) is 10.7. The van der Waals surface area contributed by atoms with Gasteiger partial charge in [0.05, 0.1) is 0 Å². The van der Waals surface area contributed by atoms with E-state index in [-0.39, 0.29) is 11.5 Å². The van der Waals surface area contributed by atoms with Gasteiger partial charge in [0.25, 0.3) is 0 Å². The molecule has 0 radical (unpaired) electrons. The van der Waals surface area contributed by atoms with E-state index in [4.69, 9.17) is 5.73 Å². The third kappa shape index (κ3) is 3.57. The molecule has 0 spiro atoms. The summed E-state index contributed by atoms with van der Waals surface area (Å²) in [4.78, 5) is 0. The third-order valence-electron chi connectivity index (χ3n) is 2.33. The minimum absolute atomic E-state index is 0.192. The Bertz CT molecular complexity index is 141. The lowest BCUT2D eigenvalue weighted by atomic mass is 9.82. The van der Waals surface area contributed by atoms with Crippen molar-refractivity contribution in [3.8, 4) is 0 Å². The van der Waals surface area contributed by atoms with Crippen LogP contribution in [0, 0.1) is 5.41 Å². The Morgan fingerprint density at radius 2 is 1.91 bits per heavy atom. The van der Waals surface area contributed by atoms with E-state index in [9.17, 15) is 0 Å². The molecular weight excluding hydrogens is 134 g/mol. The molecule has 0 aliphatic rings. The van der Waals surface area contributed by atoms with Gasteiger partial charge in [0.15, 0.2) is 0 Å². The van der Waals surface area contributed by atoms with E-state index in [0.717, 1.165) is 6.42 Å². The van der Waals surface area contributed by atoms with Crippen molar-refractivity contribution in [2.45, 2.75) is 47.1 Å². The lowest BCUT2D eigenvalue weighted by Gasteiger charge is -2.28. The van der Waals surface area contributed by atoms with Crippen LogP contribution in [0.2, 0.25) is 0 Å². The van der Waals surface area contributed by atoms with Crippen molar-refractivity contribution in [1.82, 2.24) is 0 Å². The predicted octanol–water partition coefficient (Wildman–Crippen LogP) is 2.72. The minimum atomic E-state index is 0.192. The first-order chi connectivity index (χ1) is 4.90. The second kappa shape index (κ2) is 3.91. The Hall–Kier alpha value is -0.300. The molecule has 0 rings (SSSR count). The van der Waals surface area contributed by atoms with Gasteiger partial charge in [-0.3, -0.25) is 0 Å². The number of hydrogen-bond acceptors (Lipinski definition) is 1. The molecule has 2 N–H and O–H groups in total. The molecule has 66 valence electrons. The molecule has 1 atom stereocenters. The van der Waals surface area contributed by atoms with Gasteiger partial charge in [0.2, 0.25) is 0 Å². The maximum absolute atomic E-state index is 5.99. The van der Waals surface area contributed by atoms with Crippen LogP contribution in [0.1, 0.15) is 41.0 Å². The van der Waals surface area contributed by atoms with E-state index in [0.29, 0.717) is 0 Å². The normalized spacial score (nSPS) is 14.4. The molecular formula is C10H21N. The Kier molecular flexibility index (Phi) is 3.81. The highest BCUT2D eigenvalue weighted by Gasteiger charge is 2.21. The van der Waals surface area contributed by atoms with Crippen molar-refractivity contribution >= 4 is 0 Å². The Morgan fingerprint density at radius 1 is 1.45 bits per heavy atom. The van der Waals surface area contributed by atoms with Crippen LogP contribution in [0.5, 0.6) is 0 Å². The van der Waals surface area contributed by atoms with Crippen LogP contribution < -0.4 is 5.73 Å². The van der Waals surface area contributed by atoms with Crippen LogP contribution in [0.15, 0.2) is 11.6 Å². The fourth-order valence-corrected chi connectivity index (χ4v) is 0.820. The summed E-state index contributed by atoms with van der Waals surface area (Å²) >= 11 is 0. The van der Waals surface area contributed by atoms with E-state index < -0.39 is 0 Å². The zero-order valence-corrected chi connectivity index (χ0v) is 8.44. The standard InChI is InChI=1S/C10H21N/c1-6-10(4,5)9(11)7-8(2)3/h7,9H,6,11H2,1-5H3. The molecule has 1 unspecified atom stereocenters. The van der Waals surface area contributed by atoms with Crippen LogP contribution in [-0.2, 0) is 0 Å². The average molecular weight is 155 g/mol. The summed E-state index contributed by atoms with van der Waals surface area (Å²) in [5.41, 5.74) is 7.52. The molecule has 0 aromatic rings. The highest BCUT2D eigenvalue weighted by Crippen LogP contribution is 2.24. The van der Waals surface area contributed by atoms with E-state index in [1.54, 1.807) is 0 Å². The zero-order valence-electron chi connectivity index (χ0n) is 8.44. The molecule has 0 saturated carbocycles. The number of allylic oxidation sites excluding steroid dienone is 1. The van der Waals surface area contributed by atoms with Crippen LogP contribution in [0.3, 0.4) is 0 Å². The van der Waals surface area contributed by atoms with Gasteiger partial charge in [0, 0.05) is 6.04 Å². The number of nitrogens with two attached hydrogens (primary N) is 1. The second-order valence-corrected chi connectivity index (χ2v) is 4.11. The summed E-state index contributed by atoms with van der Waals surface area (Å²) in [6, 6.07) is 0.192. The molecule has 0 aromatic heterocycles. The molecule has 0 bridgehead atoms. The third-order valence-corrected chi connectivity index (χ3v) is 2.33. The lowest BCUT2D eigenvalue weighted by molar-refractivity contribution is 0.311. The fraction of sp³-hybridized carbons (Fsp3) is 0.800. The van der Waals surface area contributed by atoms with Gasteiger partial charge in [-0.1, -0.05) is 32.4 Å². The number of rotatable bonds is 3. The molecule has 0 aliphatic heterocycles. The van der Waals surface area contributed by atoms with Crippen LogP contribution >= 0.6 is 0 Å². The molecule has 1 heteroatoms. The van der Waals surface area contributed by atoms with Gasteiger partial charge in [-0.15, -0.1) is 0 Å². The molecule has 1 nitrogen and oxygen atoms in total. The topological polar surface area (TPSA) is 26.0 Å². The summed E-state index contributed by atoms with van der Waals surface area (Å²) in [6.07, 6.45) is 3.27. The maximum Gasteiger partial charge on any atom is 0.0278 e. The van der Waals surface area contributed by atoms with Crippen LogP contribution in [-0.4, -0.2) is 6.04 Å². The lowest BCUT2D eigenvalue weighted by Crippen LogP contribution is -2.35. The Morgan fingerprint density at radius 3 is 2.18 bits per heavy atom. The maximum atomic E-state index is 5.99. The predicted molar refractivity (Wildman–Crippen MR) is 51.5 cm³/mol. The average Bonchev–Trinajstić information content (AvgIpc) is 1.86. The van der Waals surface area contributed by atoms with Gasteiger partial charge in [-0.05, 0) is 25.7 Å². The summed E-state index contributed by atoms with van der Waals surface area (Å²) in [5.74, 6) is 0. The highest BCUT2D eigenvalue weighted by atomic mass is 14.7. The SMILES string of the molecule is CCC(C)(C)C(N)C=C(C)C. The highest BCUT2D eigenvalue weighted by molar-refractivity contribution is 5.04. The first-order valence-electron chi connectivity index (χ1n) is 4.30. The van der Waals surface area contributed by atoms with Crippen molar-refractivity contribution in [2.24, 2.45) is 11.1 Å². The van der Waals surface area contributed by atoms with Gasteiger partial charge in [0.1, 0.15) is 0 Å². The van der Waals surface area contributed by atoms with E-state index >= 15 is 0 Å². The van der Waals surface area contributed by atoms with Crippen molar-refractivity contribution in [1.29, 1.82) is 0 Å². The van der Waals surface area contributed by atoms with Crippen molar-refractivity contribution < 1.29 is 0 Å². The van der Waals surface area contributed by atoms with Gasteiger partial charge in [-0.25, -0.2) is 0 Å². The van der Waals surface area contributed by atoms with E-state index in [2.05, 4.69) is 40.7 Å². The largest absolute Gasteiger partial charge is 0.324 e. The fourth-order valence-electron chi connectivity index (χ4n) is 0.820. The van der Waals surface area contributed by atoms with Gasteiger partial charge >= 0.3 is 0 Å². The Balaban J connectivity index is 4.24. The monoisotopic (exact) mass is 155 g/mol. The van der Waals surface area contributed by atoms with Gasteiger partial charge in [-0.2, -0.15) is 0 Å². The zero-order chi connectivity index (χ0) is 9.07. The van der Waals surface area contributed by atoms with Crippen molar-refractivity contribution in [3.63, 3.8) is 0 Å². The molecule has 0 aromatic carbocycles. The molecule has 0 fully saturated rings. The Labute approximate surface area is 70.7 Å². The molecule has 11 heavy (non-hydrogen) atoms. The van der Waals surface area contributed by atoms with E-state index in [1.165, 1.54) is 5.57 Å². The number of hydrogen-bond donors (Lipinski definition) is 1. The summed E-state index contributed by atoms with van der Waals surface area (Å²) < 4.78 is 0. The molecule has 0 saturated heterocycles. The molecule has 0 amide bonds. The van der Waals surface area contributed by atoms with Crippen molar-refractivity contribution in [3.05, 3.63) is 11.6 Å². The van der Waals surface area contributed by atoms with Gasteiger partial charge < -0.3 is 5.73 Å². The summed E-state index contributed by atoms with van der Waals surface area (Å²) in [5, 5.41) is 0. The second-order valence-electron chi connectivity index (χ2n) is 4.11. The summed E-state index contributed by atoms with van der Waals surface area (Å²) in [7, 11) is 0. The molecule has 0 heterocycles. The summed E-state index contributed by atoms with van der Waals surface area (Å²) in [6.45, 7) is 10.8.